The smallest absolute Gasteiger partial charge is 0.300 e. The molecule has 0 saturated carbocycles. The number of para-hydroxylation sites is 1. The zero-order valence-electron chi connectivity index (χ0n) is 12.1. The van der Waals surface area contributed by atoms with Crippen molar-refractivity contribution in [1.29, 1.82) is 0 Å². The second-order valence-electron chi connectivity index (χ2n) is 4.26. The summed E-state index contributed by atoms with van der Waals surface area (Å²) in [6, 6.07) is 18.2. The fourth-order valence-corrected chi connectivity index (χ4v) is 1.46. The van der Waals surface area contributed by atoms with Gasteiger partial charge in [0.05, 0.1) is 5.52 Å². The van der Waals surface area contributed by atoms with Gasteiger partial charge in [0.1, 0.15) is 6.33 Å². The average Bonchev–Trinajstić information content (AvgIpc) is 2.48. The van der Waals surface area contributed by atoms with Crippen molar-refractivity contribution in [3.05, 3.63) is 72.7 Å². The van der Waals surface area contributed by atoms with Crippen molar-refractivity contribution >= 4 is 16.9 Å². The molecule has 3 aromatic rings. The van der Waals surface area contributed by atoms with Gasteiger partial charge in [-0.15, -0.1) is 0 Å². The van der Waals surface area contributed by atoms with Crippen LogP contribution in [0, 0.1) is 6.92 Å². The Bertz CT molecular complexity index is 600. The van der Waals surface area contributed by atoms with Crippen molar-refractivity contribution < 1.29 is 9.90 Å². The number of carboxylic acids is 1. The van der Waals surface area contributed by atoms with E-state index in [0.717, 1.165) is 17.8 Å². The molecular weight excluding hydrogens is 264 g/mol. The van der Waals surface area contributed by atoms with Gasteiger partial charge in [-0.05, 0) is 13.0 Å². The number of fused-ring (bicyclic) bond motifs is 1. The molecule has 1 heterocycles. The fourth-order valence-electron chi connectivity index (χ4n) is 1.46. The Morgan fingerprint density at radius 2 is 1.57 bits per heavy atom. The Labute approximate surface area is 124 Å². The van der Waals surface area contributed by atoms with Gasteiger partial charge in [-0.1, -0.05) is 54.1 Å². The van der Waals surface area contributed by atoms with Crippen LogP contribution in [-0.2, 0) is 4.79 Å². The Hall–Kier alpha value is -2.75. The quantitative estimate of drug-likeness (QED) is 0.682. The normalized spacial score (nSPS) is 8.86. The monoisotopic (exact) mass is 282 g/mol. The molecule has 21 heavy (non-hydrogen) atoms. The van der Waals surface area contributed by atoms with Crippen molar-refractivity contribution in [2.24, 2.45) is 0 Å². The third-order valence-corrected chi connectivity index (χ3v) is 2.35. The number of aryl methyl sites for hydroxylation is 1. The topological polar surface area (TPSA) is 63.1 Å². The van der Waals surface area contributed by atoms with E-state index < -0.39 is 5.97 Å². The van der Waals surface area contributed by atoms with E-state index in [2.05, 4.69) is 29.0 Å². The molecule has 0 aliphatic heterocycles. The van der Waals surface area contributed by atoms with Crippen molar-refractivity contribution in [2.45, 2.75) is 13.8 Å². The SMILES string of the molecule is CC(=O)O.Cc1ccccc1.c1ccc2ncncc2c1. The molecule has 0 aliphatic rings. The molecule has 0 radical (unpaired) electrons. The minimum atomic E-state index is -0.833. The van der Waals surface area contributed by atoms with Crippen LogP contribution in [0.25, 0.3) is 10.9 Å². The highest BCUT2D eigenvalue weighted by atomic mass is 16.4. The molecule has 0 bridgehead atoms. The van der Waals surface area contributed by atoms with Crippen LogP contribution in [-0.4, -0.2) is 21.0 Å². The Kier molecular flexibility index (Phi) is 7.14. The largest absolute Gasteiger partial charge is 0.481 e. The molecule has 0 unspecified atom stereocenters. The molecule has 0 fully saturated rings. The number of aliphatic carboxylic acids is 1. The molecule has 0 amide bonds. The average molecular weight is 282 g/mol. The van der Waals surface area contributed by atoms with Gasteiger partial charge in [0.15, 0.2) is 0 Å². The third-order valence-electron chi connectivity index (χ3n) is 2.35. The van der Waals surface area contributed by atoms with E-state index >= 15 is 0 Å². The summed E-state index contributed by atoms with van der Waals surface area (Å²) in [5.41, 5.74) is 2.32. The van der Waals surface area contributed by atoms with Gasteiger partial charge < -0.3 is 5.11 Å². The van der Waals surface area contributed by atoms with Gasteiger partial charge in [0.2, 0.25) is 0 Å². The number of nitrogens with zero attached hydrogens (tertiary/aromatic N) is 2. The minimum Gasteiger partial charge on any atom is -0.481 e. The lowest BCUT2D eigenvalue weighted by atomic mass is 10.2. The Balaban J connectivity index is 0.000000176. The summed E-state index contributed by atoms with van der Waals surface area (Å²) in [5, 5.41) is 8.50. The van der Waals surface area contributed by atoms with E-state index in [9.17, 15) is 0 Å². The molecule has 108 valence electrons. The number of rotatable bonds is 0. The van der Waals surface area contributed by atoms with E-state index in [1.165, 1.54) is 5.56 Å². The summed E-state index contributed by atoms with van der Waals surface area (Å²) in [6.07, 6.45) is 3.37. The van der Waals surface area contributed by atoms with Crippen LogP contribution < -0.4 is 0 Å². The first-order chi connectivity index (χ1) is 10.1. The van der Waals surface area contributed by atoms with Crippen LogP contribution in [0.3, 0.4) is 0 Å². The fraction of sp³-hybridized carbons (Fsp3) is 0.118. The standard InChI is InChI=1S/C8H6N2.C7H8.C2H4O2/c1-2-4-8-7(3-1)5-9-6-10-8;1-7-5-3-2-4-6-7;1-2(3)4/h1-6H;2-6H,1H3;1H3,(H,3,4). The van der Waals surface area contributed by atoms with Crippen LogP contribution in [0.5, 0.6) is 0 Å². The number of carbonyl (C=O) groups is 1. The molecular formula is C17H18N2O2. The Morgan fingerprint density at radius 3 is 2.10 bits per heavy atom. The number of hydrogen-bond acceptors (Lipinski definition) is 3. The summed E-state index contributed by atoms with van der Waals surface area (Å²) < 4.78 is 0. The molecule has 1 aromatic heterocycles. The molecule has 4 heteroatoms. The molecule has 1 N–H and O–H groups in total. The summed E-state index contributed by atoms with van der Waals surface area (Å²) >= 11 is 0. The highest BCUT2D eigenvalue weighted by Gasteiger charge is 1.87. The lowest BCUT2D eigenvalue weighted by Crippen LogP contribution is -1.78. The molecule has 4 nitrogen and oxygen atoms in total. The zero-order valence-corrected chi connectivity index (χ0v) is 12.1. The molecule has 0 saturated heterocycles. The van der Waals surface area contributed by atoms with Gasteiger partial charge in [-0.2, -0.15) is 0 Å². The first-order valence-corrected chi connectivity index (χ1v) is 6.45. The lowest BCUT2D eigenvalue weighted by molar-refractivity contribution is -0.134. The van der Waals surface area contributed by atoms with Crippen LogP contribution in [0.15, 0.2) is 67.1 Å². The molecule has 3 rings (SSSR count). The summed E-state index contributed by atoms with van der Waals surface area (Å²) in [4.78, 5) is 17.0. The van der Waals surface area contributed by atoms with Crippen LogP contribution in [0.1, 0.15) is 12.5 Å². The van der Waals surface area contributed by atoms with Crippen LogP contribution in [0.4, 0.5) is 0 Å². The summed E-state index contributed by atoms with van der Waals surface area (Å²) in [5.74, 6) is -0.833. The maximum absolute atomic E-state index is 9.00. The van der Waals surface area contributed by atoms with E-state index in [1.807, 2.05) is 48.7 Å². The first kappa shape index (κ1) is 16.3. The van der Waals surface area contributed by atoms with Crippen molar-refractivity contribution in [3.63, 3.8) is 0 Å². The molecule has 0 atom stereocenters. The predicted molar refractivity (Wildman–Crippen MR) is 84.0 cm³/mol. The van der Waals surface area contributed by atoms with Gasteiger partial charge in [-0.3, -0.25) is 4.79 Å². The van der Waals surface area contributed by atoms with Crippen LogP contribution in [0.2, 0.25) is 0 Å². The molecule has 2 aromatic carbocycles. The Morgan fingerprint density at radius 1 is 1.00 bits per heavy atom. The lowest BCUT2D eigenvalue weighted by Gasteiger charge is -1.90. The van der Waals surface area contributed by atoms with Gasteiger partial charge in [0.25, 0.3) is 5.97 Å². The third kappa shape index (κ3) is 7.42. The van der Waals surface area contributed by atoms with Crippen molar-refractivity contribution in [3.8, 4) is 0 Å². The van der Waals surface area contributed by atoms with Gasteiger partial charge in [-0.25, -0.2) is 9.97 Å². The predicted octanol–water partition coefficient (Wildman–Crippen LogP) is 3.72. The van der Waals surface area contributed by atoms with Gasteiger partial charge >= 0.3 is 0 Å². The van der Waals surface area contributed by atoms with Gasteiger partial charge in [0, 0.05) is 18.5 Å². The zero-order chi connectivity index (χ0) is 15.5. The summed E-state index contributed by atoms with van der Waals surface area (Å²) in [7, 11) is 0. The molecule has 0 spiro atoms. The van der Waals surface area contributed by atoms with Crippen molar-refractivity contribution in [2.75, 3.05) is 0 Å². The van der Waals surface area contributed by atoms with E-state index in [0.29, 0.717) is 0 Å². The maximum Gasteiger partial charge on any atom is 0.300 e. The van der Waals surface area contributed by atoms with E-state index in [1.54, 1.807) is 6.33 Å². The van der Waals surface area contributed by atoms with Crippen molar-refractivity contribution in [1.82, 2.24) is 9.97 Å². The number of aromatic nitrogens is 2. The maximum atomic E-state index is 9.00. The second kappa shape index (κ2) is 9.20. The highest BCUT2D eigenvalue weighted by Crippen LogP contribution is 2.06. The number of benzene rings is 2. The van der Waals surface area contributed by atoms with E-state index in [4.69, 9.17) is 9.90 Å². The minimum absolute atomic E-state index is 0.833. The highest BCUT2D eigenvalue weighted by molar-refractivity contribution is 5.76. The molecule has 0 aliphatic carbocycles. The second-order valence-corrected chi connectivity index (χ2v) is 4.26. The summed E-state index contributed by atoms with van der Waals surface area (Å²) in [6.45, 7) is 3.17. The first-order valence-electron chi connectivity index (χ1n) is 6.45. The number of carboxylic acid groups (broad SMARTS) is 1. The van der Waals surface area contributed by atoms with E-state index in [-0.39, 0.29) is 0 Å². The number of hydrogen-bond donors (Lipinski definition) is 1. The van der Waals surface area contributed by atoms with Crippen LogP contribution >= 0.6 is 0 Å².